The van der Waals surface area contributed by atoms with Crippen LogP contribution >= 0.6 is 0 Å². The lowest BCUT2D eigenvalue weighted by molar-refractivity contribution is -0.379. The molecule has 1 amide bonds. The zero-order valence-electron chi connectivity index (χ0n) is 43.3. The van der Waals surface area contributed by atoms with Gasteiger partial charge in [-0.25, -0.2) is 0 Å². The molecule has 3 heterocycles. The molecule has 422 valence electrons. The van der Waals surface area contributed by atoms with Gasteiger partial charge in [0.1, 0.15) is 73.2 Å². The first-order valence-electron chi connectivity index (χ1n) is 27.0. The van der Waals surface area contributed by atoms with E-state index in [0.29, 0.717) is 12.8 Å². The van der Waals surface area contributed by atoms with Gasteiger partial charge in [-0.15, -0.1) is 0 Å². The molecule has 3 saturated heterocycles. The summed E-state index contributed by atoms with van der Waals surface area (Å²) in [5.74, 6) is -0.302. The Labute approximate surface area is 433 Å². The van der Waals surface area contributed by atoms with Gasteiger partial charge in [-0.2, -0.15) is 0 Å². The third-order valence-electron chi connectivity index (χ3n) is 13.4. The smallest absolute Gasteiger partial charge is 0.220 e. The van der Waals surface area contributed by atoms with Crippen molar-refractivity contribution in [2.24, 2.45) is 0 Å². The summed E-state index contributed by atoms with van der Waals surface area (Å²) in [6, 6.07) is -0.997. The van der Waals surface area contributed by atoms with Crippen LogP contribution in [-0.4, -0.2) is 193 Å². The van der Waals surface area contributed by atoms with Crippen molar-refractivity contribution >= 4 is 5.91 Å². The number of ether oxygens (including phenoxy) is 6. The van der Waals surface area contributed by atoms with Gasteiger partial charge in [0.25, 0.3) is 0 Å². The molecule has 73 heavy (non-hydrogen) atoms. The van der Waals surface area contributed by atoms with Crippen LogP contribution in [0.15, 0.2) is 60.8 Å². The van der Waals surface area contributed by atoms with E-state index in [-0.39, 0.29) is 18.9 Å². The summed E-state index contributed by atoms with van der Waals surface area (Å²) in [6.07, 6.45) is 13.9. The van der Waals surface area contributed by atoms with Gasteiger partial charge in [0.05, 0.1) is 38.6 Å². The van der Waals surface area contributed by atoms with Gasteiger partial charge in [-0.1, -0.05) is 125 Å². The topological polar surface area (TPSA) is 307 Å². The molecule has 0 saturated carbocycles. The van der Waals surface area contributed by atoms with Crippen molar-refractivity contribution in [3.05, 3.63) is 60.8 Å². The number of aliphatic hydroxyl groups is 11. The van der Waals surface area contributed by atoms with E-state index >= 15 is 0 Å². The van der Waals surface area contributed by atoms with Crippen molar-refractivity contribution in [3.8, 4) is 0 Å². The van der Waals surface area contributed by atoms with Crippen LogP contribution in [0, 0.1) is 0 Å². The largest absolute Gasteiger partial charge is 0.394 e. The Hall–Kier alpha value is -2.51. The van der Waals surface area contributed by atoms with Crippen molar-refractivity contribution < 1.29 is 89.4 Å². The van der Waals surface area contributed by atoms with Gasteiger partial charge < -0.3 is 89.9 Å². The third-order valence-corrected chi connectivity index (χ3v) is 13.4. The van der Waals surface area contributed by atoms with Crippen LogP contribution in [0.5, 0.6) is 0 Å². The second-order valence-electron chi connectivity index (χ2n) is 19.3. The van der Waals surface area contributed by atoms with Gasteiger partial charge in [-0.3, -0.25) is 4.79 Å². The van der Waals surface area contributed by atoms with Gasteiger partial charge in [0.2, 0.25) is 5.91 Å². The monoisotopic (exact) mass is 1040 g/mol. The molecular weight excluding hydrogens is 951 g/mol. The van der Waals surface area contributed by atoms with Gasteiger partial charge in [0, 0.05) is 6.42 Å². The average molecular weight is 1040 g/mol. The van der Waals surface area contributed by atoms with Crippen molar-refractivity contribution in [3.63, 3.8) is 0 Å². The van der Waals surface area contributed by atoms with Gasteiger partial charge in [0.15, 0.2) is 18.9 Å². The molecule has 0 aromatic carbocycles. The Morgan fingerprint density at radius 2 is 0.973 bits per heavy atom. The fourth-order valence-corrected chi connectivity index (χ4v) is 8.85. The zero-order valence-corrected chi connectivity index (χ0v) is 43.3. The second kappa shape index (κ2) is 38.1. The maximum absolute atomic E-state index is 13.2. The quantitative estimate of drug-likeness (QED) is 0.0315. The summed E-state index contributed by atoms with van der Waals surface area (Å²) < 4.78 is 34.1. The van der Waals surface area contributed by atoms with E-state index in [4.69, 9.17) is 28.4 Å². The molecule has 0 spiro atoms. The number of carbonyl (C=O) groups excluding carboxylic acids is 1. The van der Waals surface area contributed by atoms with Crippen molar-refractivity contribution in [1.82, 2.24) is 5.32 Å². The lowest BCUT2D eigenvalue weighted by Gasteiger charge is -2.48. The minimum Gasteiger partial charge on any atom is -0.394 e. The Balaban J connectivity index is 1.51. The molecule has 19 heteroatoms. The van der Waals surface area contributed by atoms with Crippen LogP contribution in [0.2, 0.25) is 0 Å². The summed E-state index contributed by atoms with van der Waals surface area (Å²) in [5, 5.41) is 120. The molecule has 0 radical (unpaired) electrons. The lowest BCUT2D eigenvalue weighted by atomic mass is 9.96. The summed E-state index contributed by atoms with van der Waals surface area (Å²) in [6.45, 7) is 1.38. The number of hydrogen-bond donors (Lipinski definition) is 12. The molecule has 3 aliphatic rings. The normalized spacial score (nSPS) is 32.2. The molecule has 3 rings (SSSR count). The van der Waals surface area contributed by atoms with E-state index in [9.17, 15) is 61.0 Å². The second-order valence-corrected chi connectivity index (χ2v) is 19.3. The summed E-state index contributed by atoms with van der Waals surface area (Å²) in [4.78, 5) is 13.2. The maximum atomic E-state index is 13.2. The Morgan fingerprint density at radius 1 is 0.521 bits per heavy atom. The van der Waals surface area contributed by atoms with E-state index in [1.165, 1.54) is 51.4 Å². The molecule has 0 bridgehead atoms. The number of carbonyl (C=O) groups is 1. The molecule has 0 aromatic rings. The number of unbranched alkanes of at least 4 members (excludes halogenated alkanes) is 14. The first-order valence-corrected chi connectivity index (χ1v) is 27.0. The van der Waals surface area contributed by atoms with Crippen LogP contribution < -0.4 is 5.32 Å². The number of amides is 1. The summed E-state index contributed by atoms with van der Waals surface area (Å²) >= 11 is 0. The minimum absolute atomic E-state index is 0.224. The highest BCUT2D eigenvalue weighted by Crippen LogP contribution is 2.33. The van der Waals surface area contributed by atoms with E-state index in [1.54, 1.807) is 12.2 Å². The highest BCUT2D eigenvalue weighted by Gasteiger charge is 2.53. The van der Waals surface area contributed by atoms with E-state index in [0.717, 1.165) is 57.8 Å². The van der Waals surface area contributed by atoms with E-state index in [1.807, 2.05) is 13.0 Å². The van der Waals surface area contributed by atoms with Crippen LogP contribution in [0.4, 0.5) is 0 Å². The molecule has 17 unspecified atom stereocenters. The Bertz CT molecular complexity index is 1580. The molecule has 3 aliphatic heterocycles. The third kappa shape index (κ3) is 23.3. The lowest BCUT2D eigenvalue weighted by Crippen LogP contribution is -2.66. The van der Waals surface area contributed by atoms with E-state index in [2.05, 4.69) is 54.8 Å². The number of nitrogens with one attached hydrogen (secondary N) is 1. The van der Waals surface area contributed by atoms with Gasteiger partial charge in [-0.05, 0) is 71.1 Å². The number of hydrogen-bond acceptors (Lipinski definition) is 18. The predicted molar refractivity (Wildman–Crippen MR) is 272 cm³/mol. The number of allylic oxidation sites excluding steroid dienone is 9. The SMILES string of the molecule is C/C=C/CC/C=C/CC/C=C/C(O)C(COC1OC(CO)C(OC2OC(CO)C(OC3OC(CO)C(O)C(O)C3O)C(O)C2O)C(O)C1O)NC(=O)CCCCCCCCCCC/C=C\C/C=C\CCCCC. The molecule has 0 aromatic heterocycles. The van der Waals surface area contributed by atoms with Crippen molar-refractivity contribution in [2.75, 3.05) is 26.4 Å². The standard InChI is InChI=1S/C54H93NO18/c1-3-5-7-9-11-13-14-15-16-17-18-19-20-21-22-24-26-28-30-32-42(60)55-37(38(59)31-29-27-25-23-12-10-8-6-4-2)36-68-52-48(66)45(63)50(40(34-57)70-52)73-54-49(67)46(64)51(41(35-58)71-54)72-53-47(65)44(62)43(61)39(33-56)69-53/h4,6,11-13,15-16,23,29,31,37-41,43-54,56-59,61-67H,3,5,7-10,14,17-22,24-28,30,32-36H2,1-2H3,(H,55,60)/b6-4+,13-11-,16-15-,23-12+,31-29+. The van der Waals surface area contributed by atoms with Crippen LogP contribution in [0.25, 0.3) is 0 Å². The van der Waals surface area contributed by atoms with E-state index < -0.39 is 124 Å². The Morgan fingerprint density at radius 3 is 1.52 bits per heavy atom. The fraction of sp³-hybridized carbons (Fsp3) is 0.796. The summed E-state index contributed by atoms with van der Waals surface area (Å²) in [5.41, 5.74) is 0. The van der Waals surface area contributed by atoms with Crippen LogP contribution in [0.3, 0.4) is 0 Å². The Kier molecular flexibility index (Phi) is 33.8. The highest BCUT2D eigenvalue weighted by atomic mass is 16.8. The molecule has 12 N–H and O–H groups in total. The zero-order chi connectivity index (χ0) is 53.4. The molecule has 3 fully saturated rings. The van der Waals surface area contributed by atoms with Crippen molar-refractivity contribution in [2.45, 2.75) is 247 Å². The summed E-state index contributed by atoms with van der Waals surface area (Å²) in [7, 11) is 0. The minimum atomic E-state index is -1.98. The average Bonchev–Trinajstić information content (AvgIpc) is 3.39. The number of aliphatic hydroxyl groups excluding tert-OH is 11. The fourth-order valence-electron chi connectivity index (χ4n) is 8.85. The predicted octanol–water partition coefficient (Wildman–Crippen LogP) is 2.92. The highest BCUT2D eigenvalue weighted by molar-refractivity contribution is 5.76. The first kappa shape index (κ1) is 64.8. The van der Waals surface area contributed by atoms with Crippen LogP contribution in [-0.2, 0) is 33.2 Å². The molecule has 17 atom stereocenters. The van der Waals surface area contributed by atoms with Crippen LogP contribution in [0.1, 0.15) is 142 Å². The molecular formula is C54H93NO18. The number of rotatable bonds is 37. The van der Waals surface area contributed by atoms with Crippen molar-refractivity contribution in [1.29, 1.82) is 0 Å². The van der Waals surface area contributed by atoms with Gasteiger partial charge >= 0.3 is 0 Å². The molecule has 0 aliphatic carbocycles. The molecule has 19 nitrogen and oxygen atoms in total. The first-order chi connectivity index (χ1) is 35.3. The maximum Gasteiger partial charge on any atom is 0.220 e.